The Kier molecular flexibility index (Phi) is 3.94. The summed E-state index contributed by atoms with van der Waals surface area (Å²) >= 11 is 0. The van der Waals surface area contributed by atoms with Crippen molar-refractivity contribution in [2.75, 3.05) is 6.54 Å². The molecular weight excluding hydrogens is 270 g/mol. The third-order valence-corrected chi connectivity index (χ3v) is 3.80. The van der Waals surface area contributed by atoms with E-state index in [2.05, 4.69) is 20.6 Å². The first-order valence-electron chi connectivity index (χ1n) is 7.21. The van der Waals surface area contributed by atoms with Crippen LogP contribution in [0.2, 0.25) is 0 Å². The first kappa shape index (κ1) is 13.7. The molecular formula is C13H19N7O. The molecule has 1 unspecified atom stereocenters. The Labute approximate surface area is 122 Å². The predicted molar refractivity (Wildman–Crippen MR) is 74.1 cm³/mol. The molecule has 1 saturated heterocycles. The van der Waals surface area contributed by atoms with Gasteiger partial charge in [0.1, 0.15) is 12.9 Å². The number of tetrazole rings is 1. The number of hydrogen-bond donors (Lipinski definition) is 0. The largest absolute Gasteiger partial charge is 0.336 e. The molecule has 0 bridgehead atoms. The Hall–Kier alpha value is -2.25. The fraction of sp³-hybridized carbons (Fsp3) is 0.615. The van der Waals surface area contributed by atoms with Gasteiger partial charge in [0, 0.05) is 12.7 Å². The van der Waals surface area contributed by atoms with Crippen LogP contribution in [0.5, 0.6) is 0 Å². The molecule has 0 saturated carbocycles. The molecule has 1 aliphatic rings. The van der Waals surface area contributed by atoms with Gasteiger partial charge in [0.05, 0.1) is 18.8 Å². The lowest BCUT2D eigenvalue weighted by Gasteiger charge is -2.35. The topological polar surface area (TPSA) is 81.7 Å². The standard InChI is InChI=1S/C13H19N7O/c1-11-6-15-18(7-11)8-12-4-2-3-5-20(12)13(21)9-19-10-14-16-17-19/h6-7,10,12H,2-5,8-9H2,1H3. The van der Waals surface area contributed by atoms with Crippen LogP contribution < -0.4 is 0 Å². The highest BCUT2D eigenvalue weighted by molar-refractivity contribution is 5.76. The summed E-state index contributed by atoms with van der Waals surface area (Å²) in [6, 6.07) is 0.196. The smallest absolute Gasteiger partial charge is 0.244 e. The van der Waals surface area contributed by atoms with E-state index in [-0.39, 0.29) is 18.5 Å². The Morgan fingerprint density at radius 2 is 2.29 bits per heavy atom. The fourth-order valence-corrected chi connectivity index (χ4v) is 2.78. The van der Waals surface area contributed by atoms with Crippen molar-refractivity contribution in [1.29, 1.82) is 0 Å². The average Bonchev–Trinajstić information content (AvgIpc) is 3.11. The number of carbonyl (C=O) groups excluding carboxylic acids is 1. The Morgan fingerprint density at radius 1 is 1.38 bits per heavy atom. The monoisotopic (exact) mass is 289 g/mol. The molecule has 0 aromatic carbocycles. The van der Waals surface area contributed by atoms with E-state index >= 15 is 0 Å². The van der Waals surface area contributed by atoms with Gasteiger partial charge >= 0.3 is 0 Å². The molecule has 0 radical (unpaired) electrons. The van der Waals surface area contributed by atoms with Gasteiger partial charge in [-0.15, -0.1) is 5.10 Å². The van der Waals surface area contributed by atoms with Crippen LogP contribution in [0.1, 0.15) is 24.8 Å². The van der Waals surface area contributed by atoms with Crippen LogP contribution >= 0.6 is 0 Å². The Morgan fingerprint density at radius 3 is 3.00 bits per heavy atom. The van der Waals surface area contributed by atoms with Gasteiger partial charge < -0.3 is 4.90 Å². The van der Waals surface area contributed by atoms with E-state index in [1.54, 1.807) is 0 Å². The van der Waals surface area contributed by atoms with Crippen LogP contribution in [0.4, 0.5) is 0 Å². The lowest BCUT2D eigenvalue weighted by atomic mass is 10.0. The van der Waals surface area contributed by atoms with E-state index in [0.29, 0.717) is 0 Å². The zero-order chi connectivity index (χ0) is 14.7. The molecule has 112 valence electrons. The van der Waals surface area contributed by atoms with Crippen molar-refractivity contribution in [1.82, 2.24) is 34.9 Å². The molecule has 2 aromatic heterocycles. The summed E-state index contributed by atoms with van der Waals surface area (Å²) in [5.74, 6) is 0.0656. The molecule has 1 fully saturated rings. The minimum atomic E-state index is 0.0656. The van der Waals surface area contributed by atoms with Crippen LogP contribution in [-0.4, -0.2) is 53.4 Å². The molecule has 1 amide bonds. The molecule has 2 aromatic rings. The van der Waals surface area contributed by atoms with Crippen LogP contribution in [-0.2, 0) is 17.9 Å². The highest BCUT2D eigenvalue weighted by Crippen LogP contribution is 2.19. The summed E-state index contributed by atoms with van der Waals surface area (Å²) in [6.45, 7) is 3.76. The lowest BCUT2D eigenvalue weighted by Crippen LogP contribution is -2.47. The van der Waals surface area contributed by atoms with Crippen molar-refractivity contribution in [2.45, 2.75) is 45.3 Å². The fourth-order valence-electron chi connectivity index (χ4n) is 2.78. The molecule has 0 spiro atoms. The molecule has 8 heteroatoms. The van der Waals surface area contributed by atoms with Gasteiger partial charge in [0.15, 0.2) is 0 Å². The summed E-state index contributed by atoms with van der Waals surface area (Å²) in [5, 5.41) is 15.2. The number of carbonyl (C=O) groups is 1. The van der Waals surface area contributed by atoms with E-state index in [4.69, 9.17) is 0 Å². The van der Waals surface area contributed by atoms with E-state index in [1.165, 1.54) is 11.0 Å². The maximum Gasteiger partial charge on any atom is 0.244 e. The number of amides is 1. The average molecular weight is 289 g/mol. The first-order valence-corrected chi connectivity index (χ1v) is 7.21. The molecule has 21 heavy (non-hydrogen) atoms. The second-order valence-corrected chi connectivity index (χ2v) is 5.48. The van der Waals surface area contributed by atoms with Crippen LogP contribution in [0.25, 0.3) is 0 Å². The summed E-state index contributed by atoms with van der Waals surface area (Å²) in [4.78, 5) is 14.4. The minimum Gasteiger partial charge on any atom is -0.336 e. The van der Waals surface area contributed by atoms with Crippen molar-refractivity contribution in [3.63, 3.8) is 0 Å². The van der Waals surface area contributed by atoms with Crippen LogP contribution in [0.15, 0.2) is 18.7 Å². The van der Waals surface area contributed by atoms with Gasteiger partial charge in [-0.2, -0.15) is 5.10 Å². The number of aromatic nitrogens is 6. The Balaban J connectivity index is 1.67. The second kappa shape index (κ2) is 6.02. The zero-order valence-corrected chi connectivity index (χ0v) is 12.1. The molecule has 0 aliphatic carbocycles. The van der Waals surface area contributed by atoms with E-state index in [1.807, 2.05) is 28.9 Å². The molecule has 8 nitrogen and oxygen atoms in total. The third-order valence-electron chi connectivity index (χ3n) is 3.80. The van der Waals surface area contributed by atoms with Gasteiger partial charge in [0.25, 0.3) is 0 Å². The SMILES string of the molecule is Cc1cnn(CC2CCCCN2C(=O)Cn2cnnn2)c1. The number of hydrogen-bond acceptors (Lipinski definition) is 5. The van der Waals surface area contributed by atoms with Crippen molar-refractivity contribution >= 4 is 5.91 Å². The highest BCUT2D eigenvalue weighted by Gasteiger charge is 2.27. The van der Waals surface area contributed by atoms with Gasteiger partial charge in [-0.3, -0.25) is 9.48 Å². The summed E-state index contributed by atoms with van der Waals surface area (Å²) < 4.78 is 3.38. The predicted octanol–water partition coefficient (Wildman–Crippen LogP) is 0.259. The van der Waals surface area contributed by atoms with Crippen molar-refractivity contribution < 1.29 is 4.79 Å². The molecule has 3 rings (SSSR count). The third kappa shape index (κ3) is 3.26. The number of rotatable bonds is 4. The molecule has 3 heterocycles. The lowest BCUT2D eigenvalue weighted by molar-refractivity contribution is -0.136. The first-order chi connectivity index (χ1) is 10.2. The van der Waals surface area contributed by atoms with Crippen molar-refractivity contribution in [3.8, 4) is 0 Å². The number of piperidine rings is 1. The molecule has 1 atom stereocenters. The zero-order valence-electron chi connectivity index (χ0n) is 12.1. The van der Waals surface area contributed by atoms with Crippen LogP contribution in [0.3, 0.4) is 0 Å². The molecule has 0 N–H and O–H groups in total. The molecule has 1 aliphatic heterocycles. The summed E-state index contributed by atoms with van der Waals surface area (Å²) in [7, 11) is 0. The summed E-state index contributed by atoms with van der Waals surface area (Å²) in [5.41, 5.74) is 1.14. The van der Waals surface area contributed by atoms with Crippen molar-refractivity contribution in [3.05, 3.63) is 24.3 Å². The maximum atomic E-state index is 12.5. The number of likely N-dealkylation sites (tertiary alicyclic amines) is 1. The van der Waals surface area contributed by atoms with E-state index in [0.717, 1.165) is 37.9 Å². The maximum absolute atomic E-state index is 12.5. The van der Waals surface area contributed by atoms with Gasteiger partial charge in [-0.05, 0) is 42.2 Å². The number of aryl methyl sites for hydroxylation is 1. The Bertz CT molecular complexity index is 591. The van der Waals surface area contributed by atoms with Gasteiger partial charge in [0.2, 0.25) is 5.91 Å². The summed E-state index contributed by atoms with van der Waals surface area (Å²) in [6.07, 6.45) is 8.54. The quantitative estimate of drug-likeness (QED) is 0.806. The highest BCUT2D eigenvalue weighted by atomic mass is 16.2. The normalized spacial score (nSPS) is 18.9. The van der Waals surface area contributed by atoms with Crippen LogP contribution in [0, 0.1) is 6.92 Å². The van der Waals surface area contributed by atoms with E-state index in [9.17, 15) is 4.79 Å². The van der Waals surface area contributed by atoms with Crippen molar-refractivity contribution in [2.24, 2.45) is 0 Å². The van der Waals surface area contributed by atoms with Gasteiger partial charge in [-0.1, -0.05) is 0 Å². The number of nitrogens with zero attached hydrogens (tertiary/aromatic N) is 7. The van der Waals surface area contributed by atoms with Gasteiger partial charge in [-0.25, -0.2) is 4.68 Å². The van der Waals surface area contributed by atoms with E-state index < -0.39 is 0 Å². The minimum absolute atomic E-state index is 0.0656. The second-order valence-electron chi connectivity index (χ2n) is 5.48.